The van der Waals surface area contributed by atoms with Gasteiger partial charge in [-0.05, 0) is 48.9 Å². The van der Waals surface area contributed by atoms with Gasteiger partial charge >= 0.3 is 0 Å². The number of rotatable bonds is 8. The summed E-state index contributed by atoms with van der Waals surface area (Å²) in [5, 5.41) is 3.53. The van der Waals surface area contributed by atoms with Crippen molar-refractivity contribution in [3.05, 3.63) is 82.3 Å². The van der Waals surface area contributed by atoms with E-state index >= 15 is 0 Å². The Labute approximate surface area is 219 Å². The molecule has 9 nitrogen and oxygen atoms in total. The highest BCUT2D eigenvalue weighted by Gasteiger charge is 2.38. The van der Waals surface area contributed by atoms with Gasteiger partial charge in [0.2, 0.25) is 21.5 Å². The molecule has 0 atom stereocenters. The number of carbonyl (C=O) groups is 2. The Morgan fingerprint density at radius 3 is 2.57 bits per heavy atom. The number of amides is 1. The Kier molecular flexibility index (Phi) is 7.74. The van der Waals surface area contributed by atoms with Gasteiger partial charge < -0.3 is 10.2 Å². The van der Waals surface area contributed by atoms with Gasteiger partial charge in [0.05, 0.1) is 21.4 Å². The number of sulfone groups is 1. The molecule has 0 saturated carbocycles. The lowest BCUT2D eigenvalue weighted by Crippen LogP contribution is -2.21. The van der Waals surface area contributed by atoms with Crippen LogP contribution in [0.25, 0.3) is 0 Å². The highest BCUT2D eigenvalue weighted by Crippen LogP contribution is 2.47. The van der Waals surface area contributed by atoms with Crippen LogP contribution in [0.15, 0.2) is 86.5 Å². The molecular weight excluding hydrogens is 536 g/mol. The van der Waals surface area contributed by atoms with E-state index in [1.54, 1.807) is 37.3 Å². The van der Waals surface area contributed by atoms with E-state index < -0.39 is 31.5 Å². The topological polar surface area (TPSA) is 138 Å². The van der Waals surface area contributed by atoms with E-state index in [2.05, 4.69) is 5.32 Å². The number of anilines is 2. The average molecular weight is 561 g/mol. The Morgan fingerprint density at radius 2 is 1.86 bits per heavy atom. The predicted octanol–water partition coefficient (Wildman–Crippen LogP) is 4.18. The number of carbonyl (C=O) groups excluding carboxylic acids is 2. The molecule has 4 rings (SSSR count). The van der Waals surface area contributed by atoms with Crippen molar-refractivity contribution in [3.63, 3.8) is 0 Å². The minimum Gasteiger partial charge on any atom is -0.335 e. The maximum Gasteiger partial charge on any atom is 0.264 e. The van der Waals surface area contributed by atoms with Gasteiger partial charge in [0.25, 0.3) is 10.1 Å². The van der Waals surface area contributed by atoms with E-state index in [-0.39, 0.29) is 27.7 Å². The lowest BCUT2D eigenvalue weighted by molar-refractivity contribution is -0.115. The van der Waals surface area contributed by atoms with Gasteiger partial charge in [0.15, 0.2) is 0 Å². The van der Waals surface area contributed by atoms with E-state index in [1.165, 1.54) is 36.0 Å². The number of fused-ring (bicyclic) bond motifs is 2. The number of nitrogens with one attached hydrogen (secondary N) is 1. The summed E-state index contributed by atoms with van der Waals surface area (Å²) in [7, 11) is -8.00. The first-order valence-corrected chi connectivity index (χ1v) is 15.2. The Balaban J connectivity index is 1.59. The minimum atomic E-state index is -4.11. The van der Waals surface area contributed by atoms with Crippen LogP contribution in [0.1, 0.15) is 30.1 Å². The molecule has 0 saturated heterocycles. The van der Waals surface area contributed by atoms with E-state index in [0.717, 1.165) is 15.6 Å². The van der Waals surface area contributed by atoms with Crippen LogP contribution in [-0.2, 0) is 24.7 Å². The molecule has 2 heterocycles. The lowest BCUT2D eigenvalue weighted by atomic mass is 10.1. The fourth-order valence-corrected chi connectivity index (χ4v) is 7.09. The van der Waals surface area contributed by atoms with Crippen LogP contribution in [0.4, 0.5) is 11.4 Å². The number of thioether (sulfide) groups is 1. The second kappa shape index (κ2) is 10.7. The third kappa shape index (κ3) is 5.87. The zero-order valence-corrected chi connectivity index (χ0v) is 22.2. The number of allylic oxidation sites excluding steroid dienone is 5. The van der Waals surface area contributed by atoms with Crippen LogP contribution in [0, 0.1) is 0 Å². The van der Waals surface area contributed by atoms with Gasteiger partial charge in [-0.15, -0.1) is 0 Å². The molecule has 0 fully saturated rings. The molecule has 0 unspecified atom stereocenters. The van der Waals surface area contributed by atoms with Crippen molar-refractivity contribution in [2.24, 2.45) is 0 Å². The summed E-state index contributed by atoms with van der Waals surface area (Å²) in [5.41, 5.74) is 1.58. The molecule has 0 bridgehead atoms. The van der Waals surface area contributed by atoms with Crippen molar-refractivity contribution >= 4 is 54.8 Å². The maximum atomic E-state index is 12.7. The Hall–Kier alpha value is -3.19. The van der Waals surface area contributed by atoms with Crippen LogP contribution in [0.3, 0.4) is 0 Å². The summed E-state index contributed by atoms with van der Waals surface area (Å²) in [6.07, 6.45) is 6.56. The minimum absolute atomic E-state index is 0.00391. The summed E-state index contributed by atoms with van der Waals surface area (Å²) >= 11 is 1.39. The third-order valence-electron chi connectivity index (χ3n) is 5.65. The monoisotopic (exact) mass is 560 g/mol. The first-order valence-electron chi connectivity index (χ1n) is 11.3. The number of benzene rings is 2. The normalized spacial score (nSPS) is 18.5. The molecule has 12 heteroatoms. The lowest BCUT2D eigenvalue weighted by Gasteiger charge is -2.20. The van der Waals surface area contributed by atoms with Crippen molar-refractivity contribution in [2.45, 2.75) is 29.6 Å². The fraction of sp³-hybridized carbons (Fsp3) is 0.200. The highest BCUT2D eigenvalue weighted by molar-refractivity contribution is 8.03. The van der Waals surface area contributed by atoms with Gasteiger partial charge in [0, 0.05) is 29.1 Å². The molecule has 2 aliphatic heterocycles. The predicted molar refractivity (Wildman–Crippen MR) is 143 cm³/mol. The first-order chi connectivity index (χ1) is 17.5. The molecule has 0 spiro atoms. The van der Waals surface area contributed by atoms with Gasteiger partial charge in [-0.2, -0.15) is 8.42 Å². The standard InChI is InChI=1S/C25H24N2O7S3/c1-2-23(28)26-17-12-13-19-20(16-17)35-24(27(19)14-7-15-36(30,31)32)11-6-5-10-22-25(29)18-8-3-4-9-21(18)37(22,33)34/h3-6,8-13,16H,2,7,14-15H2,1H3,(H,26,28)(H,30,31,32)/b6-5+,22-10-,24-11+. The second-order valence-corrected chi connectivity index (χ2v) is 12.7. The molecule has 194 valence electrons. The Bertz CT molecular complexity index is 1570. The van der Waals surface area contributed by atoms with Crippen molar-refractivity contribution in [1.29, 1.82) is 0 Å². The van der Waals surface area contributed by atoms with E-state index in [0.29, 0.717) is 18.7 Å². The summed E-state index contributed by atoms with van der Waals surface area (Å²) in [6.45, 7) is 2.04. The van der Waals surface area contributed by atoms with Gasteiger partial charge in [-0.25, -0.2) is 8.42 Å². The van der Waals surface area contributed by atoms with Crippen molar-refractivity contribution in [3.8, 4) is 0 Å². The number of Topliss-reactive ketones (excluding diaryl/α,β-unsaturated/α-hetero) is 1. The van der Waals surface area contributed by atoms with Gasteiger partial charge in [0.1, 0.15) is 4.91 Å². The summed E-state index contributed by atoms with van der Waals surface area (Å²) in [4.78, 5) is 26.8. The van der Waals surface area contributed by atoms with Gasteiger partial charge in [-0.3, -0.25) is 14.1 Å². The Morgan fingerprint density at radius 1 is 1.14 bits per heavy atom. The third-order valence-corrected chi connectivity index (χ3v) is 9.40. The molecule has 2 N–H and O–H groups in total. The molecule has 0 aromatic heterocycles. The highest BCUT2D eigenvalue weighted by atomic mass is 32.2. The van der Waals surface area contributed by atoms with E-state index in [1.807, 2.05) is 17.0 Å². The quantitative estimate of drug-likeness (QED) is 0.360. The molecule has 0 aliphatic carbocycles. The first kappa shape index (κ1) is 26.9. The van der Waals surface area contributed by atoms with Crippen LogP contribution in [0.2, 0.25) is 0 Å². The van der Waals surface area contributed by atoms with Crippen molar-refractivity contribution < 1.29 is 31.0 Å². The molecule has 1 amide bonds. The van der Waals surface area contributed by atoms with Crippen LogP contribution in [0.5, 0.6) is 0 Å². The zero-order chi connectivity index (χ0) is 26.8. The summed E-state index contributed by atoms with van der Waals surface area (Å²) in [5.74, 6) is -1.08. The average Bonchev–Trinajstić information content (AvgIpc) is 3.27. The SMILES string of the molecule is CCC(=O)Nc1ccc2c(c1)S/C(=C/C=C/C=C1/C(=O)c3ccccc3S1(=O)=O)N2CCCS(=O)(=O)O. The van der Waals surface area contributed by atoms with Crippen molar-refractivity contribution in [1.82, 2.24) is 0 Å². The molecule has 2 aromatic rings. The largest absolute Gasteiger partial charge is 0.335 e. The molecule has 2 aromatic carbocycles. The van der Waals surface area contributed by atoms with E-state index in [9.17, 15) is 26.4 Å². The molecule has 2 aliphatic rings. The van der Waals surface area contributed by atoms with Crippen LogP contribution >= 0.6 is 11.8 Å². The smallest absolute Gasteiger partial charge is 0.264 e. The van der Waals surface area contributed by atoms with Crippen LogP contribution in [-0.4, -0.2) is 45.4 Å². The fourth-order valence-electron chi connectivity index (χ4n) is 3.90. The van der Waals surface area contributed by atoms with Gasteiger partial charge in [-0.1, -0.05) is 43.0 Å². The number of nitrogens with zero attached hydrogens (tertiary/aromatic N) is 1. The molecular formula is C25H24N2O7S3. The summed E-state index contributed by atoms with van der Waals surface area (Å²) in [6, 6.07) is 11.4. The number of hydrogen-bond acceptors (Lipinski definition) is 8. The maximum absolute atomic E-state index is 12.7. The summed E-state index contributed by atoms with van der Waals surface area (Å²) < 4.78 is 56.9. The number of hydrogen-bond donors (Lipinski definition) is 2. The molecule has 0 radical (unpaired) electrons. The van der Waals surface area contributed by atoms with Crippen molar-refractivity contribution in [2.75, 3.05) is 22.5 Å². The second-order valence-electron chi connectivity index (χ2n) is 8.23. The zero-order valence-electron chi connectivity index (χ0n) is 19.7. The van der Waals surface area contributed by atoms with Crippen LogP contribution < -0.4 is 10.2 Å². The van der Waals surface area contributed by atoms with E-state index in [4.69, 9.17) is 4.55 Å². The number of ketones is 1. The molecule has 37 heavy (non-hydrogen) atoms.